The van der Waals surface area contributed by atoms with E-state index in [1.807, 2.05) is 6.92 Å². The molecule has 1 aliphatic rings. The van der Waals surface area contributed by atoms with Gasteiger partial charge in [-0.15, -0.1) is 0 Å². The lowest BCUT2D eigenvalue weighted by atomic mass is 9.81. The summed E-state index contributed by atoms with van der Waals surface area (Å²) < 4.78 is 11.7. The maximum atomic E-state index is 10.0. The lowest BCUT2D eigenvalue weighted by Gasteiger charge is -2.29. The zero-order chi connectivity index (χ0) is 16.7. The number of aryl methyl sites for hydroxylation is 1. The zero-order valence-corrected chi connectivity index (χ0v) is 14.9. The van der Waals surface area contributed by atoms with Crippen LogP contribution in [0.5, 0.6) is 11.5 Å². The highest BCUT2D eigenvalue weighted by Crippen LogP contribution is 2.43. The van der Waals surface area contributed by atoms with Crippen LogP contribution in [0, 0.1) is 0 Å². The summed E-state index contributed by atoms with van der Waals surface area (Å²) in [5, 5.41) is 10.0. The summed E-state index contributed by atoms with van der Waals surface area (Å²) in [5.74, 6) is 2.22. The van der Waals surface area contributed by atoms with Crippen LogP contribution in [0.1, 0.15) is 75.8 Å². The molecule has 0 aromatic heterocycles. The van der Waals surface area contributed by atoms with E-state index in [1.54, 1.807) is 7.11 Å². The summed E-state index contributed by atoms with van der Waals surface area (Å²) >= 11 is 0. The molecule has 0 bridgehead atoms. The number of benzene rings is 1. The van der Waals surface area contributed by atoms with Gasteiger partial charge >= 0.3 is 0 Å². The third-order valence-electron chi connectivity index (χ3n) is 4.81. The molecule has 0 radical (unpaired) electrons. The van der Waals surface area contributed by atoms with Crippen LogP contribution in [0.4, 0.5) is 0 Å². The van der Waals surface area contributed by atoms with Crippen molar-refractivity contribution in [3.63, 3.8) is 0 Å². The van der Waals surface area contributed by atoms with E-state index in [-0.39, 0.29) is 6.10 Å². The quantitative estimate of drug-likeness (QED) is 0.696. The fraction of sp³-hybridized carbons (Fsp3) is 0.700. The summed E-state index contributed by atoms with van der Waals surface area (Å²) in [5.41, 5.74) is 2.45. The molecule has 0 amide bonds. The van der Waals surface area contributed by atoms with Crippen LogP contribution in [0.2, 0.25) is 0 Å². The van der Waals surface area contributed by atoms with Crippen molar-refractivity contribution in [1.82, 2.24) is 0 Å². The SMILES string of the molecule is CCCCCc1cc(OC)c(C2CCCC(O)C2)c(OCC)c1. The van der Waals surface area contributed by atoms with Gasteiger partial charge in [-0.2, -0.15) is 0 Å². The molecule has 0 saturated heterocycles. The second kappa shape index (κ2) is 9.17. The van der Waals surface area contributed by atoms with Gasteiger partial charge in [-0.05, 0) is 62.6 Å². The van der Waals surface area contributed by atoms with Gasteiger partial charge < -0.3 is 14.6 Å². The standard InChI is InChI=1S/C20H32O3/c1-4-6-7-9-15-12-18(22-3)20(19(13-15)23-5-2)16-10-8-11-17(21)14-16/h12-13,16-17,21H,4-11,14H2,1-3H3. The highest BCUT2D eigenvalue weighted by Gasteiger charge is 2.27. The van der Waals surface area contributed by atoms with E-state index in [0.717, 1.165) is 49.2 Å². The molecule has 1 aromatic rings. The summed E-state index contributed by atoms with van der Waals surface area (Å²) in [7, 11) is 1.74. The first-order valence-electron chi connectivity index (χ1n) is 9.21. The van der Waals surface area contributed by atoms with Gasteiger partial charge in [0.15, 0.2) is 0 Å². The third-order valence-corrected chi connectivity index (χ3v) is 4.81. The number of hydrogen-bond donors (Lipinski definition) is 1. The topological polar surface area (TPSA) is 38.7 Å². The van der Waals surface area contributed by atoms with Crippen molar-refractivity contribution < 1.29 is 14.6 Å². The Morgan fingerprint density at radius 1 is 1.13 bits per heavy atom. The molecule has 0 spiro atoms. The molecule has 3 nitrogen and oxygen atoms in total. The van der Waals surface area contributed by atoms with Crippen molar-refractivity contribution in [1.29, 1.82) is 0 Å². The largest absolute Gasteiger partial charge is 0.496 e. The molecule has 2 unspecified atom stereocenters. The number of hydrogen-bond acceptors (Lipinski definition) is 3. The van der Waals surface area contributed by atoms with Crippen molar-refractivity contribution in [2.24, 2.45) is 0 Å². The average molecular weight is 320 g/mol. The predicted octanol–water partition coefficient (Wildman–Crippen LogP) is 4.85. The first-order chi connectivity index (χ1) is 11.2. The van der Waals surface area contributed by atoms with Gasteiger partial charge in [0.25, 0.3) is 0 Å². The minimum absolute atomic E-state index is 0.197. The maximum Gasteiger partial charge on any atom is 0.126 e. The van der Waals surface area contributed by atoms with Crippen LogP contribution >= 0.6 is 0 Å². The Bertz CT molecular complexity index is 484. The highest BCUT2D eigenvalue weighted by atomic mass is 16.5. The summed E-state index contributed by atoms with van der Waals surface area (Å²) in [4.78, 5) is 0. The van der Waals surface area contributed by atoms with Crippen LogP contribution < -0.4 is 9.47 Å². The van der Waals surface area contributed by atoms with Gasteiger partial charge in [0, 0.05) is 5.56 Å². The van der Waals surface area contributed by atoms with Crippen LogP contribution in [-0.4, -0.2) is 24.9 Å². The maximum absolute atomic E-state index is 10.0. The predicted molar refractivity (Wildman–Crippen MR) is 94.6 cm³/mol. The van der Waals surface area contributed by atoms with Crippen molar-refractivity contribution in [3.8, 4) is 11.5 Å². The fourth-order valence-corrected chi connectivity index (χ4v) is 3.65. The molecule has 1 N–H and O–H groups in total. The average Bonchev–Trinajstić information content (AvgIpc) is 2.55. The molecule has 2 atom stereocenters. The van der Waals surface area contributed by atoms with Crippen molar-refractivity contribution >= 4 is 0 Å². The van der Waals surface area contributed by atoms with Crippen molar-refractivity contribution in [2.45, 2.75) is 77.2 Å². The molecule has 2 rings (SSSR count). The van der Waals surface area contributed by atoms with Gasteiger partial charge in [-0.3, -0.25) is 0 Å². The molecular weight excluding hydrogens is 288 g/mol. The summed E-state index contributed by atoms with van der Waals surface area (Å²) in [6.45, 7) is 4.91. The molecule has 1 aliphatic carbocycles. The van der Waals surface area contributed by atoms with E-state index in [0.29, 0.717) is 12.5 Å². The molecule has 130 valence electrons. The Morgan fingerprint density at radius 3 is 2.57 bits per heavy atom. The second-order valence-corrected chi connectivity index (χ2v) is 6.62. The van der Waals surface area contributed by atoms with E-state index in [1.165, 1.54) is 24.8 Å². The molecule has 0 heterocycles. The number of ether oxygens (including phenoxy) is 2. The molecule has 1 aromatic carbocycles. The first-order valence-corrected chi connectivity index (χ1v) is 9.21. The van der Waals surface area contributed by atoms with E-state index in [9.17, 15) is 5.11 Å². The van der Waals surface area contributed by atoms with Gasteiger partial charge in [-0.1, -0.05) is 26.2 Å². The van der Waals surface area contributed by atoms with Gasteiger partial charge in [-0.25, -0.2) is 0 Å². The highest BCUT2D eigenvalue weighted by molar-refractivity contribution is 5.50. The van der Waals surface area contributed by atoms with E-state index >= 15 is 0 Å². The Balaban J connectivity index is 2.30. The molecule has 0 aliphatic heterocycles. The molecule has 1 fully saturated rings. The Kier molecular flexibility index (Phi) is 7.22. The summed E-state index contributed by atoms with van der Waals surface area (Å²) in [6.07, 6.45) is 8.45. The van der Waals surface area contributed by atoms with Crippen LogP contribution in [0.25, 0.3) is 0 Å². The minimum Gasteiger partial charge on any atom is -0.496 e. The van der Waals surface area contributed by atoms with E-state index in [4.69, 9.17) is 9.47 Å². The lowest BCUT2D eigenvalue weighted by Crippen LogP contribution is -2.19. The number of unbranched alkanes of at least 4 members (excludes halogenated alkanes) is 2. The smallest absolute Gasteiger partial charge is 0.126 e. The van der Waals surface area contributed by atoms with Gasteiger partial charge in [0.05, 0.1) is 19.8 Å². The molecule has 1 saturated carbocycles. The number of aliphatic hydroxyl groups is 1. The van der Waals surface area contributed by atoms with Crippen LogP contribution in [0.3, 0.4) is 0 Å². The zero-order valence-electron chi connectivity index (χ0n) is 14.9. The Labute approximate surface area is 141 Å². The van der Waals surface area contributed by atoms with Gasteiger partial charge in [0.2, 0.25) is 0 Å². The Morgan fingerprint density at radius 2 is 1.91 bits per heavy atom. The third kappa shape index (κ3) is 4.87. The normalized spacial score (nSPS) is 21.2. The summed E-state index contributed by atoms with van der Waals surface area (Å²) in [6, 6.07) is 4.37. The van der Waals surface area contributed by atoms with Crippen LogP contribution in [-0.2, 0) is 6.42 Å². The van der Waals surface area contributed by atoms with Gasteiger partial charge in [0.1, 0.15) is 11.5 Å². The molecular formula is C20H32O3. The monoisotopic (exact) mass is 320 g/mol. The first kappa shape index (κ1) is 18.1. The van der Waals surface area contributed by atoms with E-state index < -0.39 is 0 Å². The van der Waals surface area contributed by atoms with E-state index in [2.05, 4.69) is 19.1 Å². The second-order valence-electron chi connectivity index (χ2n) is 6.62. The minimum atomic E-state index is -0.197. The lowest BCUT2D eigenvalue weighted by molar-refractivity contribution is 0.118. The molecule has 3 heteroatoms. The van der Waals surface area contributed by atoms with Crippen molar-refractivity contribution in [3.05, 3.63) is 23.3 Å². The number of aliphatic hydroxyl groups excluding tert-OH is 1. The number of rotatable bonds is 8. The number of methoxy groups -OCH3 is 1. The van der Waals surface area contributed by atoms with Crippen LogP contribution in [0.15, 0.2) is 12.1 Å². The molecule has 23 heavy (non-hydrogen) atoms. The fourth-order valence-electron chi connectivity index (χ4n) is 3.65. The van der Waals surface area contributed by atoms with Crippen molar-refractivity contribution in [2.75, 3.05) is 13.7 Å². The Hall–Kier alpha value is -1.22.